The third-order valence-corrected chi connectivity index (χ3v) is 23.9. The summed E-state index contributed by atoms with van der Waals surface area (Å²) in [4.78, 5) is 0. The molecule has 0 N–H and O–H groups in total. The van der Waals surface area contributed by atoms with Gasteiger partial charge in [0.15, 0.2) is 8.24 Å². The Kier molecular flexibility index (Phi) is 4.63. The van der Waals surface area contributed by atoms with Gasteiger partial charge in [-0.2, -0.15) is 0 Å². The van der Waals surface area contributed by atoms with Crippen LogP contribution >= 0.6 is 7.05 Å². The van der Waals surface area contributed by atoms with Crippen LogP contribution in [-0.2, 0) is 0 Å². The molecule has 36 heavy (non-hydrogen) atoms. The highest BCUT2D eigenvalue weighted by Gasteiger charge is 2.73. The normalized spacial score (nSPS) is 59.5. The van der Waals surface area contributed by atoms with E-state index in [0.29, 0.717) is 15.5 Å². The topological polar surface area (TPSA) is 12.4 Å². The number of hydrogen-bond donors (Lipinski definition) is 0. The van der Waals surface area contributed by atoms with Crippen molar-refractivity contribution in [3.8, 4) is 0 Å². The van der Waals surface area contributed by atoms with Gasteiger partial charge in [0.1, 0.15) is 0 Å². The van der Waals surface area contributed by atoms with Crippen LogP contribution < -0.4 is 0 Å². The molecule has 200 valence electrons. The van der Waals surface area contributed by atoms with Crippen LogP contribution in [0.25, 0.3) is 0 Å². The molecule has 12 saturated carbocycles. The van der Waals surface area contributed by atoms with E-state index in [-0.39, 0.29) is 0 Å². The molecule has 0 aliphatic heterocycles. The van der Waals surface area contributed by atoms with E-state index >= 15 is 0 Å². The molecule has 12 fully saturated rings. The molecular weight excluding hydrogens is 469 g/mol. The first-order valence-corrected chi connectivity index (χ1v) is 22.0. The van der Waals surface area contributed by atoms with Crippen molar-refractivity contribution >= 4 is 15.3 Å². The van der Waals surface area contributed by atoms with Crippen LogP contribution in [0.3, 0.4) is 0 Å². The van der Waals surface area contributed by atoms with E-state index in [2.05, 4.69) is 19.6 Å². The highest BCUT2D eigenvalue weighted by molar-refractivity contribution is 7.72. The number of hydrogen-bond acceptors (Lipinski definition) is 1. The lowest BCUT2D eigenvalue weighted by molar-refractivity contribution is -0.000382. The molecule has 12 aliphatic rings. The maximum absolute atomic E-state index is 6.86. The van der Waals surface area contributed by atoms with Gasteiger partial charge in [0.2, 0.25) is 0 Å². The monoisotopic (exact) mass is 523 g/mol. The maximum Gasteiger partial charge on any atom is 0.170 e. The largest absolute Gasteiger partial charge is 0.336 e. The van der Waals surface area contributed by atoms with Crippen LogP contribution in [0.15, 0.2) is 4.41 Å². The first-order chi connectivity index (χ1) is 17.2. The SMILES string of the molecule is C[Si](C)(C)N=P(C12CC3CC(CC(C3)C1)C2)(C12CC3CC(CC(C3)C1)C2)C12CC3CC(CC(C3)C1)C2. The van der Waals surface area contributed by atoms with Crippen LogP contribution in [0.1, 0.15) is 116 Å². The highest BCUT2D eigenvalue weighted by Crippen LogP contribution is 2.92. The Labute approximate surface area is 223 Å². The molecule has 0 radical (unpaired) electrons. The predicted octanol–water partition coefficient (Wildman–Crippen LogP) is 9.93. The van der Waals surface area contributed by atoms with E-state index in [1.807, 2.05) is 0 Å². The van der Waals surface area contributed by atoms with Crippen molar-refractivity contribution in [2.45, 2.75) is 151 Å². The maximum atomic E-state index is 6.86. The van der Waals surface area contributed by atoms with Crippen molar-refractivity contribution in [1.29, 1.82) is 0 Å². The minimum atomic E-state index is -1.58. The molecule has 0 saturated heterocycles. The standard InChI is InChI=1S/C33H54NPSi/c1-36(2,3)34-35(31-13-22-4-23(14-31)6-24(5-22)15-31,32-16-25-7-26(17-32)9-27(8-25)18-32)33-19-28-10-29(20-33)12-30(11-28)21-33/h22-30H,4-21H2,1-3H3. The average Bonchev–Trinajstić information content (AvgIpc) is 2.74. The van der Waals surface area contributed by atoms with Crippen molar-refractivity contribution in [1.82, 2.24) is 0 Å². The van der Waals surface area contributed by atoms with Crippen LogP contribution in [0.5, 0.6) is 0 Å². The van der Waals surface area contributed by atoms with Gasteiger partial charge in [-0.25, -0.2) is 0 Å². The van der Waals surface area contributed by atoms with Crippen LogP contribution in [0.4, 0.5) is 0 Å². The second-order valence-electron chi connectivity index (χ2n) is 18.3. The summed E-state index contributed by atoms with van der Waals surface area (Å²) in [6, 6.07) is 0. The molecule has 12 rings (SSSR count). The van der Waals surface area contributed by atoms with Gasteiger partial charge in [0.05, 0.1) is 0 Å². The minimum absolute atomic E-state index is 0.694. The molecule has 0 amide bonds. The fraction of sp³-hybridized carbons (Fsp3) is 1.00. The molecule has 0 aromatic heterocycles. The molecule has 0 heterocycles. The molecular formula is C33H54NPSi. The first kappa shape index (κ1) is 23.2. The van der Waals surface area contributed by atoms with Gasteiger partial charge in [-0.1, -0.05) is 19.6 Å². The summed E-state index contributed by atoms with van der Waals surface area (Å²) < 4.78 is 6.86. The van der Waals surface area contributed by atoms with Gasteiger partial charge in [-0.05, 0) is 176 Å². The van der Waals surface area contributed by atoms with Gasteiger partial charge < -0.3 is 4.41 Å². The zero-order valence-electron chi connectivity index (χ0n) is 23.8. The van der Waals surface area contributed by atoms with E-state index in [1.54, 1.807) is 116 Å². The van der Waals surface area contributed by atoms with Crippen molar-refractivity contribution < 1.29 is 0 Å². The van der Waals surface area contributed by atoms with E-state index in [4.69, 9.17) is 4.41 Å². The zero-order chi connectivity index (χ0) is 24.1. The number of rotatable bonds is 4. The quantitative estimate of drug-likeness (QED) is 0.257. The van der Waals surface area contributed by atoms with E-state index in [0.717, 1.165) is 53.3 Å². The Morgan fingerprint density at radius 3 is 0.778 bits per heavy atom. The lowest BCUT2D eigenvalue weighted by Crippen LogP contribution is -2.65. The molecule has 3 heteroatoms. The second kappa shape index (κ2) is 7.20. The Morgan fingerprint density at radius 2 is 0.611 bits per heavy atom. The fourth-order valence-corrected chi connectivity index (χ4v) is 29.5. The number of nitrogens with zero attached hydrogens (tertiary/aromatic N) is 1. The van der Waals surface area contributed by atoms with Gasteiger partial charge >= 0.3 is 0 Å². The van der Waals surface area contributed by atoms with Crippen molar-refractivity contribution in [2.75, 3.05) is 0 Å². The molecule has 12 bridgehead atoms. The Hall–Kier alpha value is 0.447. The molecule has 1 nitrogen and oxygen atoms in total. The zero-order valence-corrected chi connectivity index (χ0v) is 25.7. The fourth-order valence-electron chi connectivity index (χ4n) is 15.7. The first-order valence-electron chi connectivity index (χ1n) is 16.8. The summed E-state index contributed by atoms with van der Waals surface area (Å²) in [5, 5.41) is 2.08. The molecule has 0 spiro atoms. The van der Waals surface area contributed by atoms with Crippen LogP contribution in [-0.4, -0.2) is 23.7 Å². The average molecular weight is 524 g/mol. The summed E-state index contributed by atoms with van der Waals surface area (Å²) in [6.07, 6.45) is 29.5. The summed E-state index contributed by atoms with van der Waals surface area (Å²) >= 11 is 0. The third kappa shape index (κ3) is 2.94. The molecule has 0 aromatic carbocycles. The van der Waals surface area contributed by atoms with Gasteiger partial charge in [0.25, 0.3) is 0 Å². The Morgan fingerprint density at radius 1 is 0.417 bits per heavy atom. The van der Waals surface area contributed by atoms with Crippen molar-refractivity contribution in [3.63, 3.8) is 0 Å². The Balaban J connectivity index is 1.34. The van der Waals surface area contributed by atoms with E-state index in [9.17, 15) is 0 Å². The van der Waals surface area contributed by atoms with Crippen molar-refractivity contribution in [2.24, 2.45) is 57.7 Å². The second-order valence-corrected chi connectivity index (χ2v) is 27.6. The highest BCUT2D eigenvalue weighted by atomic mass is 31.2. The minimum Gasteiger partial charge on any atom is -0.336 e. The molecule has 12 aliphatic carbocycles. The summed E-state index contributed by atoms with van der Waals surface area (Å²) in [7, 11) is -3.10. The predicted molar refractivity (Wildman–Crippen MR) is 155 cm³/mol. The van der Waals surface area contributed by atoms with E-state index < -0.39 is 15.3 Å². The van der Waals surface area contributed by atoms with Crippen molar-refractivity contribution in [3.05, 3.63) is 0 Å². The molecule has 0 aromatic rings. The summed E-state index contributed by atoms with van der Waals surface area (Å²) in [5.74, 6) is 9.84. The van der Waals surface area contributed by atoms with Crippen LogP contribution in [0.2, 0.25) is 19.6 Å². The molecule has 0 unspecified atom stereocenters. The van der Waals surface area contributed by atoms with E-state index in [1.165, 1.54) is 0 Å². The lowest BCUT2D eigenvalue weighted by atomic mass is 9.54. The summed E-state index contributed by atoms with van der Waals surface area (Å²) in [5.41, 5.74) is 0. The van der Waals surface area contributed by atoms with Gasteiger partial charge in [0, 0.05) is 15.5 Å². The van der Waals surface area contributed by atoms with Gasteiger partial charge in [-0.15, -0.1) is 0 Å². The molecule has 0 atom stereocenters. The third-order valence-electron chi connectivity index (χ3n) is 14.5. The van der Waals surface area contributed by atoms with Gasteiger partial charge in [-0.3, -0.25) is 0 Å². The summed E-state index contributed by atoms with van der Waals surface area (Å²) in [6.45, 7) is 8.09. The Bertz CT molecular complexity index is 797. The smallest absolute Gasteiger partial charge is 0.170 e. The lowest BCUT2D eigenvalue weighted by Gasteiger charge is -2.76. The van der Waals surface area contributed by atoms with Crippen LogP contribution in [0, 0.1) is 53.3 Å².